The molecule has 0 aromatic heterocycles. The standard InChI is InChI=1S/C74H125NO10/c1-4-7-10-13-16-19-22-24-26-28-30-31-32-33-34-35-36-38-39-41-43-46-49-52-55-58-61-67(78)73(82)75-65(66(77)60-57-54-51-48-45-21-18-15-12-9-6-3)64-83-74-72(71(81)70(80)68(63-76)84-74)85-69(79)62-59-56-53-50-47-44-42-40-37-29-27-25-23-20-17-14-11-8-5-2/h7,10,16-17,19-20,24-27,30-31,33-34,36-38,40,57,60,65-68,70-72,74,76-78,80-81H,4-6,8-9,11-15,18,21-23,28-29,32,35,39,41-56,58-59,61-64H2,1-3H3,(H,75,82)/b10-7-,19-16-,20-17-,26-24-,27-25-,31-30-,34-33-,38-36-,40-37-,60-57+. The smallest absolute Gasteiger partial charge is 0.306 e. The zero-order chi connectivity index (χ0) is 61.7. The van der Waals surface area contributed by atoms with E-state index >= 15 is 0 Å². The van der Waals surface area contributed by atoms with Crippen LogP contribution in [-0.4, -0.2) is 99.6 Å². The molecule has 1 amide bonds. The van der Waals surface area contributed by atoms with Crippen LogP contribution in [0.15, 0.2) is 122 Å². The van der Waals surface area contributed by atoms with E-state index < -0.39 is 67.4 Å². The molecule has 0 radical (unpaired) electrons. The van der Waals surface area contributed by atoms with Gasteiger partial charge in [0.15, 0.2) is 12.4 Å². The molecule has 1 saturated heterocycles. The molecule has 1 heterocycles. The highest BCUT2D eigenvalue weighted by molar-refractivity contribution is 5.80. The number of rotatable bonds is 57. The predicted molar refractivity (Wildman–Crippen MR) is 356 cm³/mol. The number of hydrogen-bond acceptors (Lipinski definition) is 10. The molecule has 8 atom stereocenters. The van der Waals surface area contributed by atoms with Crippen molar-refractivity contribution in [3.8, 4) is 0 Å². The van der Waals surface area contributed by atoms with Gasteiger partial charge in [-0.2, -0.15) is 0 Å². The number of unbranched alkanes of at least 4 members (excludes halogenated alkanes) is 25. The summed E-state index contributed by atoms with van der Waals surface area (Å²) in [7, 11) is 0. The number of allylic oxidation sites excluding steroid dienone is 19. The van der Waals surface area contributed by atoms with E-state index in [-0.39, 0.29) is 19.4 Å². The third-order valence-electron chi connectivity index (χ3n) is 15.3. The molecule has 0 spiro atoms. The summed E-state index contributed by atoms with van der Waals surface area (Å²) in [6, 6.07) is -1.04. The van der Waals surface area contributed by atoms with Gasteiger partial charge in [0.25, 0.3) is 0 Å². The predicted octanol–water partition coefficient (Wildman–Crippen LogP) is 17.4. The number of carbonyl (C=O) groups is 2. The van der Waals surface area contributed by atoms with E-state index in [2.05, 4.69) is 135 Å². The van der Waals surface area contributed by atoms with E-state index in [9.17, 15) is 35.1 Å². The highest BCUT2D eigenvalue weighted by Crippen LogP contribution is 2.26. The number of ether oxygens (including phenoxy) is 3. The first-order valence-corrected chi connectivity index (χ1v) is 34.3. The van der Waals surface area contributed by atoms with Crippen LogP contribution < -0.4 is 5.32 Å². The Kier molecular flexibility index (Phi) is 56.1. The van der Waals surface area contributed by atoms with Crippen LogP contribution in [0.25, 0.3) is 0 Å². The summed E-state index contributed by atoms with van der Waals surface area (Å²) in [5, 5.41) is 57.1. The topological polar surface area (TPSA) is 175 Å². The largest absolute Gasteiger partial charge is 0.454 e. The summed E-state index contributed by atoms with van der Waals surface area (Å²) in [5.74, 6) is -1.22. The first kappa shape index (κ1) is 79.1. The van der Waals surface area contributed by atoms with Crippen LogP contribution in [0.5, 0.6) is 0 Å². The number of amides is 1. The van der Waals surface area contributed by atoms with Crippen molar-refractivity contribution in [1.82, 2.24) is 5.32 Å². The molecule has 1 aliphatic rings. The minimum Gasteiger partial charge on any atom is -0.454 e. The van der Waals surface area contributed by atoms with Crippen LogP contribution in [0.2, 0.25) is 0 Å². The minimum atomic E-state index is -1.63. The maximum Gasteiger partial charge on any atom is 0.306 e. The first-order chi connectivity index (χ1) is 41.7. The molecule has 8 unspecified atom stereocenters. The van der Waals surface area contributed by atoms with Crippen molar-refractivity contribution < 1.29 is 49.3 Å². The molecule has 0 bridgehead atoms. The summed E-state index contributed by atoms with van der Waals surface area (Å²) < 4.78 is 17.6. The molecule has 0 aromatic carbocycles. The molecule has 0 saturated carbocycles. The lowest BCUT2D eigenvalue weighted by Gasteiger charge is -2.41. The average Bonchev–Trinajstić information content (AvgIpc) is 3.59. The van der Waals surface area contributed by atoms with Gasteiger partial charge in [-0.15, -0.1) is 0 Å². The lowest BCUT2D eigenvalue weighted by molar-refractivity contribution is -0.305. The van der Waals surface area contributed by atoms with Crippen LogP contribution >= 0.6 is 0 Å². The molecule has 0 aromatic rings. The number of esters is 1. The van der Waals surface area contributed by atoms with Crippen molar-refractivity contribution in [2.24, 2.45) is 0 Å². The minimum absolute atomic E-state index is 0.102. The van der Waals surface area contributed by atoms with Gasteiger partial charge < -0.3 is 45.1 Å². The van der Waals surface area contributed by atoms with Crippen molar-refractivity contribution in [2.45, 2.75) is 320 Å². The van der Waals surface area contributed by atoms with Gasteiger partial charge in [0.05, 0.1) is 25.4 Å². The second-order valence-corrected chi connectivity index (χ2v) is 23.2. The van der Waals surface area contributed by atoms with Crippen LogP contribution in [0.3, 0.4) is 0 Å². The number of aliphatic hydroxyl groups excluding tert-OH is 5. The van der Waals surface area contributed by atoms with E-state index in [1.54, 1.807) is 6.08 Å². The SMILES string of the molecule is CC/C=C\C/C=C\C/C=C\C/C=C\C/C=C\C/C=C\CCCCCCCCCC(O)C(=O)NC(COC1OC(CO)C(O)C(O)C1OC(=O)CCCCCCCC/C=C\C/C=C\C/C=C\CCCCC)C(O)/C=C/CCCCCCCCCCC. The number of nitrogens with one attached hydrogen (secondary N) is 1. The molecule has 11 nitrogen and oxygen atoms in total. The maximum absolute atomic E-state index is 13.5. The van der Waals surface area contributed by atoms with E-state index in [0.29, 0.717) is 12.8 Å². The molecule has 6 N–H and O–H groups in total. The van der Waals surface area contributed by atoms with Gasteiger partial charge in [-0.05, 0) is 116 Å². The highest BCUT2D eigenvalue weighted by Gasteiger charge is 2.47. The maximum atomic E-state index is 13.5. The fraction of sp³-hybridized carbons (Fsp3) is 0.703. The second-order valence-electron chi connectivity index (χ2n) is 23.2. The second kappa shape index (κ2) is 60.3. The Bertz CT molecular complexity index is 1850. The van der Waals surface area contributed by atoms with E-state index in [0.717, 1.165) is 154 Å². The van der Waals surface area contributed by atoms with E-state index in [1.165, 1.54) is 70.6 Å². The van der Waals surface area contributed by atoms with Crippen LogP contribution in [-0.2, 0) is 23.8 Å². The Hall–Kier alpha value is -3.94. The zero-order valence-electron chi connectivity index (χ0n) is 53.9. The van der Waals surface area contributed by atoms with Crippen molar-refractivity contribution in [3.05, 3.63) is 122 Å². The van der Waals surface area contributed by atoms with E-state index in [4.69, 9.17) is 14.2 Å². The van der Waals surface area contributed by atoms with Crippen molar-refractivity contribution in [3.63, 3.8) is 0 Å². The van der Waals surface area contributed by atoms with Crippen LogP contribution in [0.1, 0.15) is 271 Å². The van der Waals surface area contributed by atoms with Gasteiger partial charge in [-0.25, -0.2) is 0 Å². The molecule has 85 heavy (non-hydrogen) atoms. The Morgan fingerprint density at radius 2 is 0.847 bits per heavy atom. The number of carbonyl (C=O) groups excluding carboxylic acids is 2. The Labute approximate surface area is 519 Å². The van der Waals surface area contributed by atoms with Gasteiger partial charge in [0.1, 0.15) is 24.4 Å². The van der Waals surface area contributed by atoms with Gasteiger partial charge in [0.2, 0.25) is 5.91 Å². The van der Waals surface area contributed by atoms with Crippen LogP contribution in [0, 0.1) is 0 Å². The molecule has 1 fully saturated rings. The first-order valence-electron chi connectivity index (χ1n) is 34.3. The monoisotopic (exact) mass is 1190 g/mol. The van der Waals surface area contributed by atoms with Gasteiger partial charge in [-0.1, -0.05) is 271 Å². The molecule has 1 aliphatic heterocycles. The Morgan fingerprint density at radius 1 is 0.471 bits per heavy atom. The summed E-state index contributed by atoms with van der Waals surface area (Å²) in [5.41, 5.74) is 0. The average molecular weight is 1190 g/mol. The quantitative estimate of drug-likeness (QED) is 0.0195. The fourth-order valence-corrected chi connectivity index (χ4v) is 9.96. The van der Waals surface area contributed by atoms with Gasteiger partial charge in [0, 0.05) is 6.42 Å². The molecule has 1 rings (SSSR count). The molecule has 486 valence electrons. The number of aliphatic hydroxyl groups is 5. The van der Waals surface area contributed by atoms with E-state index in [1.807, 2.05) is 6.08 Å². The third-order valence-corrected chi connectivity index (χ3v) is 15.3. The molecule has 0 aliphatic carbocycles. The van der Waals surface area contributed by atoms with Gasteiger partial charge >= 0.3 is 5.97 Å². The van der Waals surface area contributed by atoms with Crippen LogP contribution in [0.4, 0.5) is 0 Å². The van der Waals surface area contributed by atoms with Crippen molar-refractivity contribution in [2.75, 3.05) is 13.2 Å². The number of hydrogen-bond donors (Lipinski definition) is 6. The lowest BCUT2D eigenvalue weighted by atomic mass is 9.99. The van der Waals surface area contributed by atoms with Crippen molar-refractivity contribution >= 4 is 11.9 Å². The molecule has 11 heteroatoms. The fourth-order valence-electron chi connectivity index (χ4n) is 9.96. The summed E-state index contributed by atoms with van der Waals surface area (Å²) in [6.07, 6.45) is 73.7. The highest BCUT2D eigenvalue weighted by atomic mass is 16.7. The lowest BCUT2D eigenvalue weighted by Crippen LogP contribution is -2.61. The van der Waals surface area contributed by atoms with Crippen molar-refractivity contribution in [1.29, 1.82) is 0 Å². The zero-order valence-corrected chi connectivity index (χ0v) is 53.9. The third kappa shape index (κ3) is 47.8. The molecular weight excluding hydrogens is 1060 g/mol. The Morgan fingerprint density at radius 3 is 1.29 bits per heavy atom. The summed E-state index contributed by atoms with van der Waals surface area (Å²) >= 11 is 0. The summed E-state index contributed by atoms with van der Waals surface area (Å²) in [4.78, 5) is 26.6. The Balaban J connectivity index is 2.60. The summed E-state index contributed by atoms with van der Waals surface area (Å²) in [6.45, 7) is 5.63. The van der Waals surface area contributed by atoms with Gasteiger partial charge in [-0.3, -0.25) is 9.59 Å². The normalized spacial score (nSPS) is 19.2. The molecular formula is C74H125NO10.